The van der Waals surface area contributed by atoms with Gasteiger partial charge in [-0.2, -0.15) is 5.10 Å². The van der Waals surface area contributed by atoms with E-state index in [-0.39, 0.29) is 11.2 Å². The molecule has 4 heteroatoms. The second kappa shape index (κ2) is 7.97. The number of nitrogens with one attached hydrogen (secondary N) is 1. The molecule has 3 nitrogen and oxygen atoms in total. The molecule has 0 aliphatic heterocycles. The fraction of sp³-hybridized carbons (Fsp3) is 0.217. The predicted molar refractivity (Wildman–Crippen MR) is 114 cm³/mol. The highest BCUT2D eigenvalue weighted by Gasteiger charge is 2.15. The van der Waals surface area contributed by atoms with Gasteiger partial charge in [-0.25, -0.2) is 5.43 Å². The van der Waals surface area contributed by atoms with Crippen LogP contribution in [0.5, 0.6) is 0 Å². The Morgan fingerprint density at radius 1 is 1.07 bits per heavy atom. The molecular formula is C23H22N2OS. The topological polar surface area (TPSA) is 41.5 Å². The molecule has 136 valence electrons. The van der Waals surface area contributed by atoms with E-state index >= 15 is 0 Å². The summed E-state index contributed by atoms with van der Waals surface area (Å²) in [6, 6.07) is 20.9. The van der Waals surface area contributed by atoms with Crippen LogP contribution in [0.15, 0.2) is 65.8 Å². The molecular weight excluding hydrogens is 352 g/mol. The van der Waals surface area contributed by atoms with Gasteiger partial charge in [-0.1, -0.05) is 60.7 Å². The third-order valence-corrected chi connectivity index (χ3v) is 6.22. The minimum atomic E-state index is -0.157. The summed E-state index contributed by atoms with van der Waals surface area (Å²) in [5.41, 5.74) is 7.77. The van der Waals surface area contributed by atoms with Gasteiger partial charge in [0.05, 0.1) is 11.5 Å². The number of carbonyl (C=O) groups excluding carboxylic acids is 1. The third-order valence-electron chi connectivity index (χ3n) is 5.00. The van der Waals surface area contributed by atoms with Crippen LogP contribution in [-0.4, -0.2) is 17.4 Å². The van der Waals surface area contributed by atoms with Gasteiger partial charge in [-0.3, -0.25) is 4.79 Å². The average molecular weight is 375 g/mol. The summed E-state index contributed by atoms with van der Waals surface area (Å²) in [5.74, 6) is 0.742. The molecule has 1 atom stereocenters. The van der Waals surface area contributed by atoms with Crippen LogP contribution in [0.1, 0.15) is 29.2 Å². The van der Waals surface area contributed by atoms with E-state index < -0.39 is 0 Å². The lowest BCUT2D eigenvalue weighted by molar-refractivity contribution is -0.120. The van der Waals surface area contributed by atoms with Gasteiger partial charge in [-0.15, -0.1) is 11.8 Å². The zero-order valence-electron chi connectivity index (χ0n) is 15.3. The minimum absolute atomic E-state index is 0.0712. The van der Waals surface area contributed by atoms with Gasteiger partial charge in [0.1, 0.15) is 0 Å². The van der Waals surface area contributed by atoms with Gasteiger partial charge >= 0.3 is 0 Å². The molecule has 0 aromatic heterocycles. The summed E-state index contributed by atoms with van der Waals surface area (Å²) >= 11 is 1.61. The second-order valence-electron chi connectivity index (χ2n) is 6.83. The monoisotopic (exact) mass is 374 g/mol. The zero-order valence-corrected chi connectivity index (χ0v) is 16.1. The number of hydrogen-bond donors (Lipinski definition) is 1. The van der Waals surface area contributed by atoms with Crippen LogP contribution >= 0.6 is 11.8 Å². The SMILES string of the molecule is C[C@@H](SCc1ccccc1)C(=O)N/N=C\c1ccc2c3c(cccc13)CC2. The molecule has 3 aromatic rings. The molecule has 1 N–H and O–H groups in total. The van der Waals surface area contributed by atoms with Crippen LogP contribution in [0.3, 0.4) is 0 Å². The highest BCUT2D eigenvalue weighted by atomic mass is 32.2. The fourth-order valence-corrected chi connectivity index (χ4v) is 4.35. The van der Waals surface area contributed by atoms with Crippen molar-refractivity contribution in [3.05, 3.63) is 82.9 Å². The second-order valence-corrected chi connectivity index (χ2v) is 8.16. The maximum atomic E-state index is 12.3. The van der Waals surface area contributed by atoms with Crippen molar-refractivity contribution in [2.75, 3.05) is 0 Å². The lowest BCUT2D eigenvalue weighted by Gasteiger charge is -2.09. The summed E-state index contributed by atoms with van der Waals surface area (Å²) in [4.78, 5) is 12.3. The smallest absolute Gasteiger partial charge is 0.252 e. The molecule has 0 saturated carbocycles. The number of rotatable bonds is 6. The van der Waals surface area contributed by atoms with Crippen molar-refractivity contribution in [2.24, 2.45) is 5.10 Å². The predicted octanol–water partition coefficient (Wildman–Crippen LogP) is 4.71. The van der Waals surface area contributed by atoms with Crippen molar-refractivity contribution in [1.82, 2.24) is 5.43 Å². The molecule has 4 rings (SSSR count). The molecule has 27 heavy (non-hydrogen) atoms. The largest absolute Gasteiger partial charge is 0.272 e. The maximum absolute atomic E-state index is 12.3. The number of hydrazone groups is 1. The summed E-state index contributed by atoms with van der Waals surface area (Å²) < 4.78 is 0. The molecule has 0 heterocycles. The van der Waals surface area contributed by atoms with Gasteiger partial charge < -0.3 is 0 Å². The van der Waals surface area contributed by atoms with E-state index in [1.54, 1.807) is 18.0 Å². The molecule has 0 spiro atoms. The van der Waals surface area contributed by atoms with Gasteiger partial charge in [0.25, 0.3) is 5.91 Å². The maximum Gasteiger partial charge on any atom is 0.252 e. The number of thioether (sulfide) groups is 1. The Labute approximate surface area is 163 Å². The highest BCUT2D eigenvalue weighted by Crippen LogP contribution is 2.32. The highest BCUT2D eigenvalue weighted by molar-refractivity contribution is 7.99. The Bertz CT molecular complexity index is 988. The molecule has 3 aromatic carbocycles. The van der Waals surface area contributed by atoms with Crippen molar-refractivity contribution in [2.45, 2.75) is 30.8 Å². The van der Waals surface area contributed by atoms with Crippen LogP contribution < -0.4 is 5.43 Å². The normalized spacial score (nSPS) is 14.0. The van der Waals surface area contributed by atoms with E-state index in [1.165, 1.54) is 27.5 Å². The number of aryl methyl sites for hydroxylation is 2. The molecule has 0 fully saturated rings. The van der Waals surface area contributed by atoms with Gasteiger partial charge in [0.2, 0.25) is 0 Å². The van der Waals surface area contributed by atoms with Gasteiger partial charge in [0, 0.05) is 11.3 Å². The molecule has 0 unspecified atom stereocenters. The van der Waals surface area contributed by atoms with E-state index in [9.17, 15) is 4.79 Å². The molecule has 0 radical (unpaired) electrons. The number of benzene rings is 3. The van der Waals surface area contributed by atoms with Crippen LogP contribution in [0.2, 0.25) is 0 Å². The number of hydrogen-bond acceptors (Lipinski definition) is 3. The molecule has 1 aliphatic carbocycles. The van der Waals surface area contributed by atoms with Gasteiger partial charge in [0.15, 0.2) is 0 Å². The first kappa shape index (κ1) is 17.8. The first-order valence-corrected chi connectivity index (χ1v) is 10.3. The fourth-order valence-electron chi connectivity index (χ4n) is 3.51. The van der Waals surface area contributed by atoms with Crippen molar-refractivity contribution in [3.63, 3.8) is 0 Å². The minimum Gasteiger partial charge on any atom is -0.272 e. The Morgan fingerprint density at radius 3 is 2.67 bits per heavy atom. The quantitative estimate of drug-likeness (QED) is 0.501. The van der Waals surface area contributed by atoms with Crippen LogP contribution in [-0.2, 0) is 23.4 Å². The third kappa shape index (κ3) is 3.91. The molecule has 1 amide bonds. The van der Waals surface area contributed by atoms with Crippen molar-refractivity contribution >= 4 is 34.7 Å². The summed E-state index contributed by atoms with van der Waals surface area (Å²) in [7, 11) is 0. The van der Waals surface area contributed by atoms with Crippen LogP contribution in [0.25, 0.3) is 10.8 Å². The zero-order chi connectivity index (χ0) is 18.6. The number of carbonyl (C=O) groups is 1. The lowest BCUT2D eigenvalue weighted by atomic mass is 10.0. The van der Waals surface area contributed by atoms with Crippen molar-refractivity contribution in [3.8, 4) is 0 Å². The molecule has 1 aliphatic rings. The van der Waals surface area contributed by atoms with Crippen molar-refractivity contribution < 1.29 is 4.79 Å². The first-order chi connectivity index (χ1) is 13.2. The standard InChI is InChI=1S/C23H22N2OS/c1-16(27-15-17-6-3-2-4-7-17)23(26)25-24-14-20-13-12-19-11-10-18-8-5-9-21(20)22(18)19/h2-9,12-14,16H,10-11,15H2,1H3,(H,25,26)/b24-14-/t16-/m1/s1. The average Bonchev–Trinajstić information content (AvgIpc) is 3.13. The Hall–Kier alpha value is -2.59. The van der Waals surface area contributed by atoms with Crippen LogP contribution in [0, 0.1) is 0 Å². The molecule has 0 saturated heterocycles. The Morgan fingerprint density at radius 2 is 1.85 bits per heavy atom. The Balaban J connectivity index is 1.39. The van der Waals surface area contributed by atoms with Gasteiger partial charge in [-0.05, 0) is 47.2 Å². The first-order valence-electron chi connectivity index (χ1n) is 9.24. The van der Waals surface area contributed by atoms with E-state index in [0.717, 1.165) is 24.2 Å². The number of amides is 1. The summed E-state index contributed by atoms with van der Waals surface area (Å²) in [5, 5.41) is 6.63. The van der Waals surface area contributed by atoms with E-state index in [1.807, 2.05) is 25.1 Å². The lowest BCUT2D eigenvalue weighted by Crippen LogP contribution is -2.27. The van der Waals surface area contributed by atoms with E-state index in [4.69, 9.17) is 0 Å². The Kier molecular flexibility index (Phi) is 5.26. The number of nitrogens with zero attached hydrogens (tertiary/aromatic N) is 1. The van der Waals surface area contributed by atoms with Crippen LogP contribution in [0.4, 0.5) is 0 Å². The van der Waals surface area contributed by atoms with E-state index in [0.29, 0.717) is 0 Å². The summed E-state index contributed by atoms with van der Waals surface area (Å²) in [6.45, 7) is 1.91. The van der Waals surface area contributed by atoms with Crippen molar-refractivity contribution in [1.29, 1.82) is 0 Å². The van der Waals surface area contributed by atoms with E-state index in [2.05, 4.69) is 53.0 Å². The molecule has 0 bridgehead atoms. The summed E-state index contributed by atoms with van der Waals surface area (Å²) in [6.07, 6.45) is 3.98.